The number of hydrogen-bond donors (Lipinski definition) is 2. The smallest absolute Gasteiger partial charge is 0.163 e. The molecule has 0 bridgehead atoms. The molecule has 0 radical (unpaired) electrons. The summed E-state index contributed by atoms with van der Waals surface area (Å²) in [7, 11) is 0. The lowest BCUT2D eigenvalue weighted by Crippen LogP contribution is -2.39. The minimum absolute atomic E-state index is 0.740. The van der Waals surface area contributed by atoms with Crippen LogP contribution in [0.3, 0.4) is 0 Å². The fourth-order valence-corrected chi connectivity index (χ4v) is 3.29. The lowest BCUT2D eigenvalue weighted by molar-refractivity contribution is 0.0398. The van der Waals surface area contributed by atoms with Gasteiger partial charge >= 0.3 is 0 Å². The van der Waals surface area contributed by atoms with Gasteiger partial charge in [-0.05, 0) is 25.1 Å². The Morgan fingerprint density at radius 1 is 1.24 bits per heavy atom. The van der Waals surface area contributed by atoms with E-state index >= 15 is 0 Å². The van der Waals surface area contributed by atoms with E-state index in [-0.39, 0.29) is 0 Å². The predicted octanol–water partition coefficient (Wildman–Crippen LogP) is 0.928. The standard InChI is InChI=1S/C18H24N6O/c1-2-14(12-19-4-1)17-22-16-13-20-5-3-15(16)18(23-17)21-6-7-24-8-10-25-11-9-24/h1-2,4,12,20H,3,5-11,13H2,(H,21,22,23). The summed E-state index contributed by atoms with van der Waals surface area (Å²) in [5.74, 6) is 1.71. The van der Waals surface area contributed by atoms with E-state index < -0.39 is 0 Å². The number of nitrogens with one attached hydrogen (secondary N) is 2. The number of nitrogens with zero attached hydrogens (tertiary/aromatic N) is 4. The van der Waals surface area contributed by atoms with Crippen LogP contribution >= 0.6 is 0 Å². The molecule has 2 aromatic heterocycles. The van der Waals surface area contributed by atoms with Crippen molar-refractivity contribution in [3.63, 3.8) is 0 Å². The van der Waals surface area contributed by atoms with Crippen LogP contribution in [0.5, 0.6) is 0 Å². The fraction of sp³-hybridized carbons (Fsp3) is 0.500. The topological polar surface area (TPSA) is 75.2 Å². The number of pyridine rings is 1. The van der Waals surface area contributed by atoms with Crippen LogP contribution in [0.4, 0.5) is 5.82 Å². The van der Waals surface area contributed by atoms with E-state index in [0.717, 1.165) is 81.8 Å². The van der Waals surface area contributed by atoms with Gasteiger partial charge in [-0.25, -0.2) is 9.97 Å². The molecule has 2 aromatic rings. The fourth-order valence-electron chi connectivity index (χ4n) is 3.29. The molecule has 7 nitrogen and oxygen atoms in total. The Kier molecular flexibility index (Phi) is 5.15. The summed E-state index contributed by atoms with van der Waals surface area (Å²) < 4.78 is 5.41. The van der Waals surface area contributed by atoms with Crippen molar-refractivity contribution < 1.29 is 4.74 Å². The van der Waals surface area contributed by atoms with E-state index in [2.05, 4.69) is 20.5 Å². The van der Waals surface area contributed by atoms with Gasteiger partial charge in [0.2, 0.25) is 0 Å². The Balaban J connectivity index is 1.52. The van der Waals surface area contributed by atoms with Crippen molar-refractivity contribution in [1.82, 2.24) is 25.2 Å². The number of fused-ring (bicyclic) bond motifs is 1. The van der Waals surface area contributed by atoms with Gasteiger partial charge in [0.15, 0.2) is 5.82 Å². The zero-order chi connectivity index (χ0) is 16.9. The molecule has 0 amide bonds. The Labute approximate surface area is 147 Å². The van der Waals surface area contributed by atoms with E-state index in [0.29, 0.717) is 0 Å². The molecule has 2 N–H and O–H groups in total. The van der Waals surface area contributed by atoms with Crippen LogP contribution in [-0.4, -0.2) is 65.8 Å². The van der Waals surface area contributed by atoms with Gasteiger partial charge < -0.3 is 15.4 Å². The Hall–Kier alpha value is -2.09. The van der Waals surface area contributed by atoms with Crippen molar-refractivity contribution in [2.24, 2.45) is 0 Å². The SMILES string of the molecule is c1cncc(-c2nc3c(c(NCCN4CCOCC4)n2)CCNC3)c1. The van der Waals surface area contributed by atoms with Crippen molar-refractivity contribution in [3.8, 4) is 11.4 Å². The zero-order valence-electron chi connectivity index (χ0n) is 14.4. The minimum atomic E-state index is 0.740. The Morgan fingerprint density at radius 3 is 3.00 bits per heavy atom. The normalized spacial score (nSPS) is 17.9. The van der Waals surface area contributed by atoms with E-state index in [9.17, 15) is 0 Å². The first-order valence-electron chi connectivity index (χ1n) is 8.95. The van der Waals surface area contributed by atoms with Crippen molar-refractivity contribution >= 4 is 5.82 Å². The average molecular weight is 340 g/mol. The molecule has 25 heavy (non-hydrogen) atoms. The summed E-state index contributed by atoms with van der Waals surface area (Å²) in [6, 6.07) is 3.92. The number of hydrogen-bond acceptors (Lipinski definition) is 7. The number of morpholine rings is 1. The molecular formula is C18H24N6O. The molecule has 0 aliphatic carbocycles. The van der Waals surface area contributed by atoms with Crippen LogP contribution in [-0.2, 0) is 17.7 Å². The first kappa shape index (κ1) is 16.4. The third-order valence-corrected chi connectivity index (χ3v) is 4.68. The van der Waals surface area contributed by atoms with Gasteiger partial charge in [-0.15, -0.1) is 0 Å². The summed E-state index contributed by atoms with van der Waals surface area (Å²) in [4.78, 5) is 16.2. The maximum Gasteiger partial charge on any atom is 0.163 e. The second kappa shape index (κ2) is 7.86. The van der Waals surface area contributed by atoms with Gasteiger partial charge in [-0.2, -0.15) is 0 Å². The maximum absolute atomic E-state index is 5.41. The number of aromatic nitrogens is 3. The highest BCUT2D eigenvalue weighted by Crippen LogP contribution is 2.24. The molecule has 0 aromatic carbocycles. The quantitative estimate of drug-likeness (QED) is 0.838. The monoisotopic (exact) mass is 340 g/mol. The molecule has 1 fully saturated rings. The lowest BCUT2D eigenvalue weighted by Gasteiger charge is -2.27. The maximum atomic E-state index is 5.41. The van der Waals surface area contributed by atoms with E-state index in [1.165, 1.54) is 5.56 Å². The van der Waals surface area contributed by atoms with Gasteiger partial charge in [0, 0.05) is 56.2 Å². The Morgan fingerprint density at radius 2 is 2.16 bits per heavy atom. The average Bonchev–Trinajstić information content (AvgIpc) is 2.69. The zero-order valence-corrected chi connectivity index (χ0v) is 14.4. The molecule has 4 rings (SSSR count). The lowest BCUT2D eigenvalue weighted by atomic mass is 10.1. The summed E-state index contributed by atoms with van der Waals surface area (Å²) in [5.41, 5.74) is 3.29. The third-order valence-electron chi connectivity index (χ3n) is 4.68. The highest BCUT2D eigenvalue weighted by molar-refractivity contribution is 5.59. The van der Waals surface area contributed by atoms with Gasteiger partial charge in [0.05, 0.1) is 18.9 Å². The van der Waals surface area contributed by atoms with E-state index in [1.807, 2.05) is 18.3 Å². The molecule has 4 heterocycles. The summed E-state index contributed by atoms with van der Waals surface area (Å²) >= 11 is 0. The highest BCUT2D eigenvalue weighted by Gasteiger charge is 2.18. The van der Waals surface area contributed by atoms with Crippen molar-refractivity contribution in [3.05, 3.63) is 35.8 Å². The summed E-state index contributed by atoms with van der Waals surface area (Å²) in [6.45, 7) is 7.33. The van der Waals surface area contributed by atoms with Crippen LogP contribution in [0.25, 0.3) is 11.4 Å². The predicted molar refractivity (Wildman–Crippen MR) is 96.4 cm³/mol. The third kappa shape index (κ3) is 3.95. The molecule has 2 aliphatic rings. The number of ether oxygens (including phenoxy) is 1. The number of anilines is 1. The van der Waals surface area contributed by atoms with E-state index in [4.69, 9.17) is 14.7 Å². The van der Waals surface area contributed by atoms with Gasteiger partial charge in [0.1, 0.15) is 5.82 Å². The van der Waals surface area contributed by atoms with Crippen LogP contribution < -0.4 is 10.6 Å². The molecule has 132 valence electrons. The molecule has 0 unspecified atom stereocenters. The van der Waals surface area contributed by atoms with Gasteiger partial charge in [-0.1, -0.05) is 0 Å². The molecule has 0 saturated carbocycles. The molecule has 0 spiro atoms. The first-order chi connectivity index (χ1) is 12.4. The molecule has 2 aliphatic heterocycles. The van der Waals surface area contributed by atoms with Crippen molar-refractivity contribution in [2.45, 2.75) is 13.0 Å². The van der Waals surface area contributed by atoms with E-state index in [1.54, 1.807) is 6.20 Å². The van der Waals surface area contributed by atoms with Gasteiger partial charge in [0.25, 0.3) is 0 Å². The van der Waals surface area contributed by atoms with Crippen LogP contribution in [0, 0.1) is 0 Å². The first-order valence-corrected chi connectivity index (χ1v) is 8.95. The van der Waals surface area contributed by atoms with Crippen LogP contribution in [0.15, 0.2) is 24.5 Å². The highest BCUT2D eigenvalue weighted by atomic mass is 16.5. The summed E-state index contributed by atoms with van der Waals surface area (Å²) in [5, 5.41) is 6.95. The van der Waals surface area contributed by atoms with Crippen molar-refractivity contribution in [1.29, 1.82) is 0 Å². The summed E-state index contributed by atoms with van der Waals surface area (Å²) in [6.07, 6.45) is 4.54. The molecular weight excluding hydrogens is 316 g/mol. The molecule has 0 atom stereocenters. The van der Waals surface area contributed by atoms with Crippen molar-refractivity contribution in [2.75, 3.05) is 51.3 Å². The molecule has 7 heteroatoms. The van der Waals surface area contributed by atoms with Gasteiger partial charge in [-0.3, -0.25) is 9.88 Å². The second-order valence-corrected chi connectivity index (χ2v) is 6.37. The molecule has 1 saturated heterocycles. The second-order valence-electron chi connectivity index (χ2n) is 6.37. The Bertz CT molecular complexity index is 702. The largest absolute Gasteiger partial charge is 0.379 e. The van der Waals surface area contributed by atoms with Crippen LogP contribution in [0.1, 0.15) is 11.3 Å². The van der Waals surface area contributed by atoms with Crippen LogP contribution in [0.2, 0.25) is 0 Å². The number of rotatable bonds is 5. The minimum Gasteiger partial charge on any atom is -0.379 e.